The first-order chi connectivity index (χ1) is 23.0. The molecule has 4 N–H and O–H groups in total. The molecule has 3 aliphatic rings. The highest BCUT2D eigenvalue weighted by Crippen LogP contribution is 2.45. The van der Waals surface area contributed by atoms with Crippen LogP contribution in [0.3, 0.4) is 0 Å². The number of ether oxygens (including phenoxy) is 3. The van der Waals surface area contributed by atoms with Gasteiger partial charge in [0.1, 0.15) is 29.3 Å². The van der Waals surface area contributed by atoms with E-state index in [2.05, 4.69) is 30.7 Å². The molecule has 13 nitrogen and oxygen atoms in total. The normalized spacial score (nSPS) is 22.5. The van der Waals surface area contributed by atoms with Crippen LogP contribution in [0.4, 0.5) is 31.0 Å². The number of H-pyrrole nitrogens is 1. The number of nitrogens with zero attached hydrogens (tertiary/aromatic N) is 2. The van der Waals surface area contributed by atoms with Gasteiger partial charge in [-0.05, 0) is 56.0 Å². The van der Waals surface area contributed by atoms with Crippen molar-refractivity contribution in [1.29, 1.82) is 0 Å². The van der Waals surface area contributed by atoms with Gasteiger partial charge < -0.3 is 24.5 Å². The van der Waals surface area contributed by atoms with Crippen LogP contribution in [0.5, 0.6) is 0 Å². The third-order valence-corrected chi connectivity index (χ3v) is 9.40. The van der Waals surface area contributed by atoms with Gasteiger partial charge in [0, 0.05) is 30.3 Å². The van der Waals surface area contributed by atoms with Crippen molar-refractivity contribution in [2.45, 2.75) is 50.5 Å². The number of esters is 1. The maximum Gasteiger partial charge on any atom is 0.412 e. The zero-order chi connectivity index (χ0) is 34.2. The van der Waals surface area contributed by atoms with Gasteiger partial charge in [-0.15, -0.1) is 0 Å². The molecule has 0 aliphatic carbocycles. The van der Waals surface area contributed by atoms with Crippen molar-refractivity contribution in [3.05, 3.63) is 57.7 Å². The standard InChI is InChI=1S/C32H33Cl2FN6O7/c1-16-5-3-6-19(27-39-25(26(34)40-27)18-8-7-17(36-30(44)46-2)13-22(18)37-28(16)42)29(43)47-15-41-12-4-11-32(14-41)23-21(38-31(45)48-32)10-9-20(33)24(23)35/h7-10,13,16,19H,3-6,11-12,14-15H2,1-2H3,(H,36,44)(H,37,42)(H,38,45)(H,39,40)/t16-,19?,32+/m1/s1. The lowest BCUT2D eigenvalue weighted by molar-refractivity contribution is -0.154. The summed E-state index contributed by atoms with van der Waals surface area (Å²) in [5, 5.41) is 8.07. The average Bonchev–Trinajstić information content (AvgIpc) is 3.43. The molecule has 1 aromatic heterocycles. The molecule has 3 aliphatic heterocycles. The molecular formula is C32H33Cl2FN6O7. The van der Waals surface area contributed by atoms with Crippen LogP contribution in [0.15, 0.2) is 30.3 Å². The third-order valence-electron chi connectivity index (χ3n) is 8.83. The monoisotopic (exact) mass is 702 g/mol. The summed E-state index contributed by atoms with van der Waals surface area (Å²) in [5.41, 5.74) is 0.626. The summed E-state index contributed by atoms with van der Waals surface area (Å²) < 4.78 is 31.5. The number of carbonyl (C=O) groups excluding carboxylic acids is 4. The molecule has 48 heavy (non-hydrogen) atoms. The minimum absolute atomic E-state index is 0.0790. The molecule has 1 fully saturated rings. The maximum atomic E-state index is 15.3. The van der Waals surface area contributed by atoms with Gasteiger partial charge in [0.05, 0.1) is 29.1 Å². The SMILES string of the molecule is COC(=O)Nc1ccc2c(c1)NC(=O)[C@H](C)CCCC(C(=O)OCN1CCC[C@@]3(C1)OC(=O)Nc1ccc(Cl)c(F)c13)c1nc-2c(Cl)[nH]1. The Morgan fingerprint density at radius 1 is 1.15 bits per heavy atom. The Morgan fingerprint density at radius 2 is 1.96 bits per heavy atom. The topological polar surface area (TPSA) is 164 Å². The van der Waals surface area contributed by atoms with Crippen molar-refractivity contribution in [2.24, 2.45) is 5.92 Å². The lowest BCUT2D eigenvalue weighted by atomic mass is 9.83. The van der Waals surface area contributed by atoms with Crippen molar-refractivity contribution in [3.63, 3.8) is 0 Å². The van der Waals surface area contributed by atoms with E-state index in [-0.39, 0.29) is 46.4 Å². The second-order valence-electron chi connectivity index (χ2n) is 12.1. The predicted molar refractivity (Wildman–Crippen MR) is 174 cm³/mol. The van der Waals surface area contributed by atoms with Crippen LogP contribution in [0.1, 0.15) is 56.3 Å². The number of amides is 3. The summed E-state index contributed by atoms with van der Waals surface area (Å²) in [6.07, 6.45) is 0.786. The summed E-state index contributed by atoms with van der Waals surface area (Å²) in [6, 6.07) is 7.73. The van der Waals surface area contributed by atoms with Crippen LogP contribution in [-0.2, 0) is 29.4 Å². The van der Waals surface area contributed by atoms with Gasteiger partial charge in [-0.3, -0.25) is 25.1 Å². The molecule has 0 saturated carbocycles. The van der Waals surface area contributed by atoms with E-state index in [9.17, 15) is 19.2 Å². The Labute approximate surface area is 284 Å². The predicted octanol–water partition coefficient (Wildman–Crippen LogP) is 6.60. The number of fused-ring (bicyclic) bond motifs is 6. The van der Waals surface area contributed by atoms with E-state index in [0.29, 0.717) is 61.3 Å². The van der Waals surface area contributed by atoms with Gasteiger partial charge in [0.15, 0.2) is 11.4 Å². The molecule has 3 atom stereocenters. The van der Waals surface area contributed by atoms with E-state index in [1.54, 1.807) is 30.0 Å². The minimum atomic E-state index is -1.32. The number of rotatable bonds is 4. The first-order valence-corrected chi connectivity index (χ1v) is 16.2. The number of benzene rings is 2. The highest BCUT2D eigenvalue weighted by Gasteiger charge is 2.48. The molecule has 0 radical (unpaired) electrons. The lowest BCUT2D eigenvalue weighted by Gasteiger charge is -2.44. The smallest absolute Gasteiger partial charge is 0.412 e. The quantitative estimate of drug-likeness (QED) is 0.173. The molecule has 3 aromatic rings. The number of aromatic amines is 1. The number of hydrogen-bond donors (Lipinski definition) is 4. The molecule has 2 bridgehead atoms. The number of carbonyl (C=O) groups is 4. The summed E-state index contributed by atoms with van der Waals surface area (Å²) in [6.45, 7) is 2.22. The van der Waals surface area contributed by atoms with Gasteiger partial charge >= 0.3 is 18.2 Å². The first-order valence-electron chi connectivity index (χ1n) is 15.4. The number of likely N-dealkylation sites (tertiary alicyclic amines) is 1. The second-order valence-corrected chi connectivity index (χ2v) is 12.9. The van der Waals surface area contributed by atoms with Gasteiger partial charge in [0.2, 0.25) is 5.91 Å². The molecule has 4 heterocycles. The molecule has 16 heteroatoms. The maximum absolute atomic E-state index is 15.3. The molecular weight excluding hydrogens is 670 g/mol. The average molecular weight is 704 g/mol. The van der Waals surface area contributed by atoms with Gasteiger partial charge in [-0.1, -0.05) is 36.5 Å². The number of methoxy groups -OCH3 is 1. The number of nitrogens with one attached hydrogen (secondary N) is 4. The summed E-state index contributed by atoms with van der Waals surface area (Å²) in [4.78, 5) is 60.6. The van der Waals surface area contributed by atoms with E-state index in [1.165, 1.54) is 19.2 Å². The Hall–Kier alpha value is -4.40. The van der Waals surface area contributed by atoms with Crippen molar-refractivity contribution in [3.8, 4) is 11.3 Å². The van der Waals surface area contributed by atoms with Crippen molar-refractivity contribution in [2.75, 3.05) is 42.9 Å². The van der Waals surface area contributed by atoms with E-state index in [1.807, 2.05) is 0 Å². The molecule has 6 rings (SSSR count). The fraction of sp³-hybridized carbons (Fsp3) is 0.406. The summed E-state index contributed by atoms with van der Waals surface area (Å²) in [5.74, 6) is -2.47. The number of imidazole rings is 1. The third kappa shape index (κ3) is 6.64. The van der Waals surface area contributed by atoms with E-state index in [4.69, 9.17) is 32.7 Å². The van der Waals surface area contributed by atoms with E-state index >= 15 is 4.39 Å². The molecule has 2 aromatic carbocycles. The zero-order valence-corrected chi connectivity index (χ0v) is 27.6. The molecule has 1 spiro atoms. The van der Waals surface area contributed by atoms with Crippen LogP contribution in [0, 0.1) is 11.7 Å². The number of anilines is 3. The number of hydrogen-bond acceptors (Lipinski definition) is 9. The highest BCUT2D eigenvalue weighted by molar-refractivity contribution is 6.32. The highest BCUT2D eigenvalue weighted by atomic mass is 35.5. The largest absolute Gasteiger partial charge is 0.453 e. The molecule has 254 valence electrons. The van der Waals surface area contributed by atoms with E-state index in [0.717, 1.165) is 0 Å². The first kappa shape index (κ1) is 33.5. The fourth-order valence-corrected chi connectivity index (χ4v) is 6.82. The van der Waals surface area contributed by atoms with Crippen molar-refractivity contribution in [1.82, 2.24) is 14.9 Å². The minimum Gasteiger partial charge on any atom is -0.453 e. The van der Waals surface area contributed by atoms with Crippen molar-refractivity contribution >= 4 is 64.3 Å². The van der Waals surface area contributed by atoms with Gasteiger partial charge in [-0.25, -0.2) is 19.0 Å². The number of halogens is 3. The molecule has 1 unspecified atom stereocenters. The van der Waals surface area contributed by atoms with Crippen LogP contribution in [0.2, 0.25) is 10.2 Å². The lowest BCUT2D eigenvalue weighted by Crippen LogP contribution is -2.52. The fourth-order valence-electron chi connectivity index (χ4n) is 6.42. The van der Waals surface area contributed by atoms with Crippen molar-refractivity contribution < 1.29 is 37.8 Å². The molecule has 1 saturated heterocycles. The molecule has 3 amide bonds. The number of piperidine rings is 1. The second kappa shape index (κ2) is 13.6. The van der Waals surface area contributed by atoms with Crippen LogP contribution >= 0.6 is 23.2 Å². The summed E-state index contributed by atoms with van der Waals surface area (Å²) >= 11 is 12.7. The van der Waals surface area contributed by atoms with Crippen LogP contribution < -0.4 is 16.0 Å². The Balaban J connectivity index is 1.24. The Bertz CT molecular complexity index is 1790. The zero-order valence-electron chi connectivity index (χ0n) is 26.1. The Kier molecular flexibility index (Phi) is 9.50. The number of aromatic nitrogens is 2. The van der Waals surface area contributed by atoms with Gasteiger partial charge in [0.25, 0.3) is 0 Å². The summed E-state index contributed by atoms with van der Waals surface area (Å²) in [7, 11) is 1.24. The van der Waals surface area contributed by atoms with Crippen LogP contribution in [0.25, 0.3) is 11.3 Å². The Morgan fingerprint density at radius 3 is 2.75 bits per heavy atom. The van der Waals surface area contributed by atoms with Gasteiger partial charge in [-0.2, -0.15) is 0 Å². The van der Waals surface area contributed by atoms with Crippen LogP contribution in [-0.4, -0.2) is 65.9 Å². The van der Waals surface area contributed by atoms with E-state index < -0.39 is 41.4 Å².